The molecular weight excluding hydrogens is 227 g/mol. The molecule has 16 heavy (non-hydrogen) atoms. The summed E-state index contributed by atoms with van der Waals surface area (Å²) >= 11 is 0. The Morgan fingerprint density at radius 1 is 1.44 bits per heavy atom. The molecule has 4 N–H and O–H groups in total. The van der Waals surface area contributed by atoms with Gasteiger partial charge in [0, 0.05) is 6.04 Å². The van der Waals surface area contributed by atoms with Gasteiger partial charge in [0.2, 0.25) is 0 Å². The molecule has 96 valence electrons. The van der Waals surface area contributed by atoms with Crippen molar-refractivity contribution in [2.24, 2.45) is 11.7 Å². The van der Waals surface area contributed by atoms with Crippen molar-refractivity contribution in [1.29, 1.82) is 0 Å². The van der Waals surface area contributed by atoms with Crippen molar-refractivity contribution < 1.29 is 14.6 Å². The molecule has 0 radical (unpaired) electrons. The second kappa shape index (κ2) is 6.72. The van der Waals surface area contributed by atoms with Gasteiger partial charge in [0.25, 0.3) is 8.18 Å². The third-order valence-corrected chi connectivity index (χ3v) is 4.28. The molecule has 0 aromatic heterocycles. The molecule has 0 heterocycles. The third-order valence-electron chi connectivity index (χ3n) is 3.41. The van der Waals surface area contributed by atoms with E-state index in [1.165, 1.54) is 39.2 Å². The highest BCUT2D eigenvalue weighted by Gasteiger charge is 2.25. The van der Waals surface area contributed by atoms with Crippen LogP contribution in [0.1, 0.15) is 38.5 Å². The third kappa shape index (κ3) is 4.15. The van der Waals surface area contributed by atoms with Crippen LogP contribution < -0.4 is 5.73 Å². The molecule has 2 unspecified atom stereocenters. The average Bonchev–Trinajstić information content (AvgIpc) is 2.28. The van der Waals surface area contributed by atoms with Gasteiger partial charge >= 0.3 is 0 Å². The topological polar surface area (TPSA) is 86.8 Å². The Balaban J connectivity index is 2.37. The van der Waals surface area contributed by atoms with Crippen molar-refractivity contribution in [2.75, 3.05) is 7.05 Å². The lowest BCUT2D eigenvalue weighted by Crippen LogP contribution is -2.44. The number of hydrogen-bond donors (Lipinski definition) is 3. The Labute approximate surface area is 97.6 Å². The van der Waals surface area contributed by atoms with Gasteiger partial charge in [-0.25, -0.2) is 4.67 Å². The van der Waals surface area contributed by atoms with Gasteiger partial charge < -0.3 is 15.7 Å². The fourth-order valence-electron chi connectivity index (χ4n) is 2.33. The van der Waals surface area contributed by atoms with Gasteiger partial charge in [0.15, 0.2) is 0 Å². The summed E-state index contributed by atoms with van der Waals surface area (Å²) in [6, 6.07) is -0.436. The van der Waals surface area contributed by atoms with Crippen LogP contribution in [0.2, 0.25) is 0 Å². The quantitative estimate of drug-likeness (QED) is 0.499. The number of likely N-dealkylation sites (N-methyl/N-ethyl adjacent to an activating group) is 1. The fourth-order valence-corrected chi connectivity index (χ4v) is 2.75. The van der Waals surface area contributed by atoms with Gasteiger partial charge in [0.1, 0.15) is 6.23 Å². The lowest BCUT2D eigenvalue weighted by molar-refractivity contribution is 0.0394. The van der Waals surface area contributed by atoms with Crippen LogP contribution >= 0.6 is 8.18 Å². The summed E-state index contributed by atoms with van der Waals surface area (Å²) in [4.78, 5) is 8.90. The van der Waals surface area contributed by atoms with E-state index >= 15 is 0 Å². The van der Waals surface area contributed by atoms with Crippen LogP contribution in [0.5, 0.6) is 0 Å². The number of hydrogen-bond acceptors (Lipinski definition) is 3. The molecule has 1 saturated carbocycles. The SMILES string of the molecule is CN(C(O)[C@@H](N)CC1CCCCC1)[PH](=O)O. The van der Waals surface area contributed by atoms with Gasteiger partial charge in [-0.2, -0.15) is 0 Å². The van der Waals surface area contributed by atoms with E-state index in [0.717, 1.165) is 11.1 Å². The highest BCUT2D eigenvalue weighted by molar-refractivity contribution is 7.35. The normalized spacial score (nSPS) is 24.3. The molecule has 1 aliphatic carbocycles. The summed E-state index contributed by atoms with van der Waals surface area (Å²) in [7, 11) is -1.42. The van der Waals surface area contributed by atoms with Gasteiger partial charge in [-0.3, -0.25) is 4.57 Å². The Bertz CT molecular complexity index is 234. The molecule has 0 bridgehead atoms. The van der Waals surface area contributed by atoms with E-state index in [4.69, 9.17) is 10.6 Å². The van der Waals surface area contributed by atoms with Gasteiger partial charge in [-0.15, -0.1) is 0 Å². The number of aliphatic hydroxyl groups is 1. The number of aliphatic hydroxyl groups excluding tert-OH is 1. The van der Waals surface area contributed by atoms with Crippen molar-refractivity contribution >= 4 is 8.18 Å². The molecule has 0 aromatic rings. The van der Waals surface area contributed by atoms with E-state index in [-0.39, 0.29) is 0 Å². The minimum absolute atomic E-state index is 0.436. The number of nitrogens with zero attached hydrogens (tertiary/aromatic N) is 1. The molecule has 0 amide bonds. The molecule has 0 aliphatic heterocycles. The summed E-state index contributed by atoms with van der Waals surface area (Å²) in [5.74, 6) is 0.563. The smallest absolute Gasteiger partial charge is 0.260 e. The minimum Gasteiger partial charge on any atom is -0.376 e. The largest absolute Gasteiger partial charge is 0.376 e. The van der Waals surface area contributed by atoms with E-state index in [2.05, 4.69) is 0 Å². The van der Waals surface area contributed by atoms with E-state index < -0.39 is 20.4 Å². The fraction of sp³-hybridized carbons (Fsp3) is 1.00. The summed E-state index contributed by atoms with van der Waals surface area (Å²) in [5, 5.41) is 9.75. The van der Waals surface area contributed by atoms with Gasteiger partial charge in [-0.05, 0) is 19.4 Å². The first kappa shape index (κ1) is 14.1. The van der Waals surface area contributed by atoms with E-state index in [9.17, 15) is 9.67 Å². The summed E-state index contributed by atoms with van der Waals surface area (Å²) in [6.45, 7) is 0. The van der Waals surface area contributed by atoms with Crippen LogP contribution in [0.25, 0.3) is 0 Å². The zero-order chi connectivity index (χ0) is 12.1. The zero-order valence-corrected chi connectivity index (χ0v) is 10.8. The molecule has 0 aromatic carbocycles. The number of rotatable bonds is 5. The monoisotopic (exact) mass is 250 g/mol. The maximum Gasteiger partial charge on any atom is 0.260 e. The standard InChI is InChI=1S/C10H23N2O3P/c1-12(16(14)15)10(13)9(11)7-8-5-3-2-4-6-8/h8-10,13,16H,2-7,11H2,1H3,(H,14,15)/t9-,10?/m0/s1. The molecule has 0 saturated heterocycles. The van der Waals surface area contributed by atoms with E-state index in [1.807, 2.05) is 0 Å². The first-order valence-electron chi connectivity index (χ1n) is 5.91. The molecule has 3 atom stereocenters. The second-order valence-electron chi connectivity index (χ2n) is 4.71. The van der Waals surface area contributed by atoms with Crippen molar-refractivity contribution in [3.63, 3.8) is 0 Å². The van der Waals surface area contributed by atoms with Gasteiger partial charge in [0.05, 0.1) is 0 Å². The highest BCUT2D eigenvalue weighted by atomic mass is 31.1. The van der Waals surface area contributed by atoms with Crippen LogP contribution in [0, 0.1) is 5.92 Å². The maximum absolute atomic E-state index is 10.8. The van der Waals surface area contributed by atoms with Crippen LogP contribution in [0.15, 0.2) is 0 Å². The molecular formula is C10H23N2O3P. The maximum atomic E-state index is 10.8. The lowest BCUT2D eigenvalue weighted by atomic mass is 9.84. The average molecular weight is 250 g/mol. The molecule has 1 aliphatic rings. The van der Waals surface area contributed by atoms with Crippen molar-refractivity contribution in [2.45, 2.75) is 50.8 Å². The molecule has 1 fully saturated rings. The van der Waals surface area contributed by atoms with Crippen molar-refractivity contribution in [3.05, 3.63) is 0 Å². The molecule has 1 rings (SSSR count). The van der Waals surface area contributed by atoms with Crippen LogP contribution in [-0.4, -0.2) is 34.0 Å². The predicted octanol–water partition coefficient (Wildman–Crippen LogP) is 0.916. The second-order valence-corrected chi connectivity index (χ2v) is 5.98. The van der Waals surface area contributed by atoms with Crippen LogP contribution in [0.3, 0.4) is 0 Å². The molecule has 0 spiro atoms. The summed E-state index contributed by atoms with van der Waals surface area (Å²) in [6.07, 6.45) is 5.81. The minimum atomic E-state index is -2.84. The van der Waals surface area contributed by atoms with E-state index in [1.54, 1.807) is 0 Å². The summed E-state index contributed by atoms with van der Waals surface area (Å²) in [5.41, 5.74) is 5.86. The van der Waals surface area contributed by atoms with Gasteiger partial charge in [-0.1, -0.05) is 32.1 Å². The molecule has 5 nitrogen and oxygen atoms in total. The lowest BCUT2D eigenvalue weighted by Gasteiger charge is -2.30. The van der Waals surface area contributed by atoms with Crippen molar-refractivity contribution in [1.82, 2.24) is 4.67 Å². The molecule has 6 heteroatoms. The Morgan fingerprint density at radius 3 is 2.50 bits per heavy atom. The predicted molar refractivity (Wildman–Crippen MR) is 64.2 cm³/mol. The Morgan fingerprint density at radius 2 is 2.00 bits per heavy atom. The van der Waals surface area contributed by atoms with Crippen LogP contribution in [-0.2, 0) is 4.57 Å². The Hall–Kier alpha value is 0.0700. The first-order chi connectivity index (χ1) is 7.52. The van der Waals surface area contributed by atoms with Crippen molar-refractivity contribution in [3.8, 4) is 0 Å². The highest BCUT2D eigenvalue weighted by Crippen LogP contribution is 2.29. The first-order valence-corrected chi connectivity index (χ1v) is 7.22. The number of nitrogens with two attached hydrogens (primary N) is 1. The zero-order valence-electron chi connectivity index (χ0n) is 9.80. The van der Waals surface area contributed by atoms with Crippen LogP contribution in [0.4, 0.5) is 0 Å². The summed E-state index contributed by atoms with van der Waals surface area (Å²) < 4.78 is 11.9. The Kier molecular flexibility index (Phi) is 5.94. The van der Waals surface area contributed by atoms with E-state index in [0.29, 0.717) is 5.92 Å².